The van der Waals surface area contributed by atoms with Gasteiger partial charge in [0.05, 0.1) is 6.54 Å². The van der Waals surface area contributed by atoms with Crippen LogP contribution in [0, 0.1) is 6.92 Å². The van der Waals surface area contributed by atoms with Crippen molar-refractivity contribution in [1.29, 1.82) is 0 Å². The Morgan fingerprint density at radius 1 is 1.57 bits per heavy atom. The fourth-order valence-electron chi connectivity index (χ4n) is 1.90. The summed E-state index contributed by atoms with van der Waals surface area (Å²) < 4.78 is 5.05. The van der Waals surface area contributed by atoms with Crippen molar-refractivity contribution in [3.8, 4) is 0 Å². The Kier molecular flexibility index (Phi) is 4.64. The Balaban J connectivity index is 1.95. The summed E-state index contributed by atoms with van der Waals surface area (Å²) in [5.41, 5.74) is 0.196. The number of nitrogens with zero attached hydrogens (tertiary/aromatic N) is 1. The fraction of sp³-hybridized carbons (Fsp3) is 0.429. The van der Waals surface area contributed by atoms with E-state index in [0.29, 0.717) is 23.6 Å². The van der Waals surface area contributed by atoms with Crippen LogP contribution in [-0.4, -0.2) is 22.8 Å². The summed E-state index contributed by atoms with van der Waals surface area (Å²) in [5, 5.41) is 21.5. The SMILES string of the molecule is CCc1noc(C)c1NC(=O)NCC(C)(O)c1cccs1. The van der Waals surface area contributed by atoms with E-state index in [2.05, 4.69) is 15.8 Å². The van der Waals surface area contributed by atoms with E-state index in [1.54, 1.807) is 13.8 Å². The van der Waals surface area contributed by atoms with E-state index in [1.165, 1.54) is 11.3 Å². The number of amides is 2. The van der Waals surface area contributed by atoms with E-state index in [-0.39, 0.29) is 6.54 Å². The Hall–Kier alpha value is -1.86. The Labute approximate surface area is 127 Å². The molecule has 21 heavy (non-hydrogen) atoms. The van der Waals surface area contributed by atoms with E-state index in [9.17, 15) is 9.90 Å². The molecule has 0 bridgehead atoms. The number of anilines is 1. The minimum Gasteiger partial charge on any atom is -0.383 e. The van der Waals surface area contributed by atoms with E-state index in [1.807, 2.05) is 24.4 Å². The van der Waals surface area contributed by atoms with Crippen LogP contribution in [0.15, 0.2) is 22.0 Å². The molecule has 2 rings (SSSR count). The summed E-state index contributed by atoms with van der Waals surface area (Å²) in [7, 11) is 0. The quantitative estimate of drug-likeness (QED) is 0.792. The third-order valence-electron chi connectivity index (χ3n) is 3.15. The number of nitrogens with one attached hydrogen (secondary N) is 2. The van der Waals surface area contributed by atoms with E-state index >= 15 is 0 Å². The molecule has 2 aromatic rings. The Morgan fingerprint density at radius 2 is 2.33 bits per heavy atom. The first-order chi connectivity index (χ1) is 9.94. The minimum atomic E-state index is -1.09. The highest BCUT2D eigenvalue weighted by molar-refractivity contribution is 7.10. The van der Waals surface area contributed by atoms with Crippen molar-refractivity contribution in [2.45, 2.75) is 32.8 Å². The van der Waals surface area contributed by atoms with E-state index < -0.39 is 11.6 Å². The number of carbonyl (C=O) groups excluding carboxylic acids is 1. The zero-order valence-corrected chi connectivity index (χ0v) is 13.1. The van der Waals surface area contributed by atoms with Gasteiger partial charge in [0.15, 0.2) is 5.76 Å². The van der Waals surface area contributed by atoms with Gasteiger partial charge in [-0.3, -0.25) is 0 Å². The van der Waals surface area contributed by atoms with Crippen molar-refractivity contribution in [3.63, 3.8) is 0 Å². The van der Waals surface area contributed by atoms with Gasteiger partial charge in [-0.2, -0.15) is 0 Å². The number of aromatic nitrogens is 1. The second-order valence-corrected chi connectivity index (χ2v) is 5.92. The number of aliphatic hydroxyl groups is 1. The summed E-state index contributed by atoms with van der Waals surface area (Å²) in [4.78, 5) is 12.8. The zero-order chi connectivity index (χ0) is 15.5. The number of aryl methyl sites for hydroxylation is 2. The molecule has 0 aliphatic rings. The summed E-state index contributed by atoms with van der Waals surface area (Å²) >= 11 is 1.45. The lowest BCUT2D eigenvalue weighted by Crippen LogP contribution is -2.40. The molecule has 1 atom stereocenters. The summed E-state index contributed by atoms with van der Waals surface area (Å²) in [6.07, 6.45) is 0.667. The van der Waals surface area contributed by atoms with Gasteiger partial charge in [-0.15, -0.1) is 11.3 Å². The first-order valence-corrected chi connectivity index (χ1v) is 7.58. The van der Waals surface area contributed by atoms with Crippen LogP contribution in [0.2, 0.25) is 0 Å². The largest absolute Gasteiger partial charge is 0.383 e. The first kappa shape index (κ1) is 15.5. The first-order valence-electron chi connectivity index (χ1n) is 6.70. The third-order valence-corrected chi connectivity index (χ3v) is 4.27. The van der Waals surface area contributed by atoms with Gasteiger partial charge in [-0.25, -0.2) is 4.79 Å². The minimum absolute atomic E-state index is 0.116. The molecular formula is C14H19N3O3S. The molecule has 0 radical (unpaired) electrons. The average Bonchev–Trinajstić information content (AvgIpc) is 3.08. The molecule has 1 unspecified atom stereocenters. The van der Waals surface area contributed by atoms with Crippen LogP contribution in [0.3, 0.4) is 0 Å². The van der Waals surface area contributed by atoms with Crippen LogP contribution in [0.25, 0.3) is 0 Å². The molecule has 2 heterocycles. The van der Waals surface area contributed by atoms with Crippen LogP contribution in [0.5, 0.6) is 0 Å². The second-order valence-electron chi connectivity index (χ2n) is 4.97. The summed E-state index contributed by atoms with van der Waals surface area (Å²) in [5.74, 6) is 0.562. The summed E-state index contributed by atoms with van der Waals surface area (Å²) in [6, 6.07) is 3.31. The van der Waals surface area contributed by atoms with Crippen molar-refractivity contribution in [1.82, 2.24) is 10.5 Å². The van der Waals surface area contributed by atoms with Gasteiger partial charge >= 0.3 is 6.03 Å². The molecule has 0 aliphatic heterocycles. The number of thiophene rings is 1. The Morgan fingerprint density at radius 3 is 2.95 bits per heavy atom. The molecule has 7 heteroatoms. The molecule has 0 spiro atoms. The topological polar surface area (TPSA) is 87.4 Å². The lowest BCUT2D eigenvalue weighted by atomic mass is 10.1. The number of carbonyl (C=O) groups is 1. The molecule has 0 saturated heterocycles. The molecule has 6 nitrogen and oxygen atoms in total. The number of urea groups is 1. The monoisotopic (exact) mass is 309 g/mol. The number of hydrogen-bond donors (Lipinski definition) is 3. The van der Waals surface area contributed by atoms with Crippen LogP contribution in [0.4, 0.5) is 10.5 Å². The standard InChI is InChI=1S/C14H19N3O3S/c1-4-10-12(9(2)20-17-10)16-13(18)15-8-14(3,19)11-6-5-7-21-11/h5-7,19H,4,8H2,1-3H3,(H2,15,16,18). The molecule has 3 N–H and O–H groups in total. The maximum absolute atomic E-state index is 11.9. The van der Waals surface area contributed by atoms with Crippen molar-refractivity contribution >= 4 is 23.1 Å². The van der Waals surface area contributed by atoms with Crippen molar-refractivity contribution in [3.05, 3.63) is 33.8 Å². The molecule has 114 valence electrons. The highest BCUT2D eigenvalue weighted by Crippen LogP contribution is 2.24. The maximum Gasteiger partial charge on any atom is 0.319 e. The zero-order valence-electron chi connectivity index (χ0n) is 12.3. The number of rotatable bonds is 5. The van der Waals surface area contributed by atoms with Crippen LogP contribution < -0.4 is 10.6 Å². The van der Waals surface area contributed by atoms with Gasteiger partial charge in [0.25, 0.3) is 0 Å². The van der Waals surface area contributed by atoms with Gasteiger partial charge < -0.3 is 20.3 Å². The Bertz CT molecular complexity index is 605. The molecule has 0 aromatic carbocycles. The molecule has 0 fully saturated rings. The van der Waals surface area contributed by atoms with Gasteiger partial charge in [-0.1, -0.05) is 18.1 Å². The van der Waals surface area contributed by atoms with Gasteiger partial charge in [-0.05, 0) is 31.7 Å². The van der Waals surface area contributed by atoms with Gasteiger partial charge in [0, 0.05) is 4.88 Å². The normalized spacial score (nSPS) is 13.7. The third kappa shape index (κ3) is 3.62. The number of hydrogen-bond acceptors (Lipinski definition) is 5. The predicted molar refractivity (Wildman–Crippen MR) is 81.5 cm³/mol. The van der Waals surface area contributed by atoms with Crippen molar-refractivity contribution < 1.29 is 14.4 Å². The highest BCUT2D eigenvalue weighted by Gasteiger charge is 2.25. The van der Waals surface area contributed by atoms with Crippen LogP contribution in [0.1, 0.15) is 30.2 Å². The second kappa shape index (κ2) is 6.28. The fourth-order valence-corrected chi connectivity index (χ4v) is 2.69. The highest BCUT2D eigenvalue weighted by atomic mass is 32.1. The molecule has 2 aromatic heterocycles. The summed E-state index contributed by atoms with van der Waals surface area (Å²) in [6.45, 7) is 5.46. The predicted octanol–water partition coefficient (Wildman–Crippen LogP) is 2.64. The van der Waals surface area contributed by atoms with E-state index in [4.69, 9.17) is 4.52 Å². The molecule has 0 aliphatic carbocycles. The van der Waals surface area contributed by atoms with Gasteiger partial charge in [0.1, 0.15) is 17.0 Å². The van der Waals surface area contributed by atoms with Crippen LogP contribution >= 0.6 is 11.3 Å². The smallest absolute Gasteiger partial charge is 0.319 e. The van der Waals surface area contributed by atoms with Crippen molar-refractivity contribution in [2.24, 2.45) is 0 Å². The lowest BCUT2D eigenvalue weighted by Gasteiger charge is -2.22. The van der Waals surface area contributed by atoms with Crippen LogP contribution in [-0.2, 0) is 12.0 Å². The molecule has 0 saturated carbocycles. The molecular weight excluding hydrogens is 290 g/mol. The van der Waals surface area contributed by atoms with Gasteiger partial charge in [0.2, 0.25) is 0 Å². The molecule has 2 amide bonds. The van der Waals surface area contributed by atoms with E-state index in [0.717, 1.165) is 4.88 Å². The lowest BCUT2D eigenvalue weighted by molar-refractivity contribution is 0.0637. The maximum atomic E-state index is 11.9. The van der Waals surface area contributed by atoms with Crippen molar-refractivity contribution in [2.75, 3.05) is 11.9 Å². The average molecular weight is 309 g/mol.